The highest BCUT2D eigenvalue weighted by molar-refractivity contribution is 6.32. The number of aromatic amines is 1. The molecule has 0 spiro atoms. The fourth-order valence-electron chi connectivity index (χ4n) is 2.53. The zero-order valence-corrected chi connectivity index (χ0v) is 15.7. The maximum atomic E-state index is 12.0. The Morgan fingerprint density at radius 3 is 2.96 bits per heavy atom. The van der Waals surface area contributed by atoms with Crippen molar-refractivity contribution in [1.82, 2.24) is 15.4 Å². The quantitative estimate of drug-likeness (QED) is 0.434. The number of rotatable bonds is 6. The first-order chi connectivity index (χ1) is 13.5. The van der Waals surface area contributed by atoms with Gasteiger partial charge in [0.2, 0.25) is 5.91 Å². The number of aryl methyl sites for hydroxylation is 1. The maximum absolute atomic E-state index is 12.0. The van der Waals surface area contributed by atoms with Crippen molar-refractivity contribution in [3.05, 3.63) is 63.0 Å². The number of para-hydroxylation sites is 2. The van der Waals surface area contributed by atoms with Crippen LogP contribution in [0.2, 0.25) is 5.02 Å². The molecule has 0 unspecified atom stereocenters. The van der Waals surface area contributed by atoms with E-state index in [0.29, 0.717) is 16.6 Å². The number of halogens is 1. The highest BCUT2D eigenvalue weighted by Crippen LogP contribution is 2.34. The number of carbonyl (C=O) groups is 1. The van der Waals surface area contributed by atoms with Crippen LogP contribution in [0.25, 0.3) is 11.0 Å². The van der Waals surface area contributed by atoms with E-state index in [0.717, 1.165) is 0 Å². The second kappa shape index (κ2) is 8.53. The second-order valence-corrected chi connectivity index (χ2v) is 6.28. The van der Waals surface area contributed by atoms with Crippen molar-refractivity contribution < 1.29 is 14.6 Å². The van der Waals surface area contributed by atoms with E-state index in [1.165, 1.54) is 25.5 Å². The summed E-state index contributed by atoms with van der Waals surface area (Å²) in [6, 6.07) is 10.2. The molecule has 1 amide bonds. The largest absolute Gasteiger partial charge is 0.503 e. The summed E-state index contributed by atoms with van der Waals surface area (Å²) in [4.78, 5) is 31.1. The van der Waals surface area contributed by atoms with Gasteiger partial charge in [0, 0.05) is 12.8 Å². The molecule has 0 saturated heterocycles. The van der Waals surface area contributed by atoms with Gasteiger partial charge in [-0.25, -0.2) is 10.4 Å². The van der Waals surface area contributed by atoms with Gasteiger partial charge in [-0.1, -0.05) is 23.7 Å². The topological polar surface area (TPSA) is 117 Å². The Balaban J connectivity index is 1.61. The number of ether oxygens (including phenoxy) is 1. The highest BCUT2D eigenvalue weighted by atomic mass is 35.5. The summed E-state index contributed by atoms with van der Waals surface area (Å²) in [7, 11) is 1.40. The first-order valence-corrected chi connectivity index (χ1v) is 8.72. The molecule has 0 atom stereocenters. The van der Waals surface area contributed by atoms with E-state index in [-0.39, 0.29) is 46.5 Å². The average molecular weight is 401 g/mol. The van der Waals surface area contributed by atoms with E-state index in [4.69, 9.17) is 16.3 Å². The lowest BCUT2D eigenvalue weighted by Crippen LogP contribution is -2.21. The van der Waals surface area contributed by atoms with Crippen LogP contribution in [0.5, 0.6) is 11.5 Å². The molecule has 8 nitrogen and oxygen atoms in total. The Hall–Kier alpha value is -3.39. The minimum atomic E-state index is -0.373. The SMILES string of the molecule is COc1cc(/C=N\NC(=O)CCc2nc3ccccc3[nH]c2=O)cc(Cl)c1O. The van der Waals surface area contributed by atoms with Crippen molar-refractivity contribution in [1.29, 1.82) is 0 Å². The summed E-state index contributed by atoms with van der Waals surface area (Å²) >= 11 is 5.89. The number of fused-ring (bicyclic) bond motifs is 1. The fourth-order valence-corrected chi connectivity index (χ4v) is 2.75. The van der Waals surface area contributed by atoms with Crippen molar-refractivity contribution in [2.75, 3.05) is 7.11 Å². The zero-order valence-electron chi connectivity index (χ0n) is 14.9. The molecule has 0 aliphatic heterocycles. The molecule has 0 bridgehead atoms. The predicted octanol–water partition coefficient (Wildman–Crippen LogP) is 2.37. The van der Waals surface area contributed by atoms with Gasteiger partial charge in [-0.3, -0.25) is 9.59 Å². The Morgan fingerprint density at radius 1 is 1.39 bits per heavy atom. The molecule has 0 aliphatic carbocycles. The second-order valence-electron chi connectivity index (χ2n) is 5.88. The van der Waals surface area contributed by atoms with Gasteiger partial charge in [-0.05, 0) is 29.8 Å². The lowest BCUT2D eigenvalue weighted by Gasteiger charge is -2.06. The lowest BCUT2D eigenvalue weighted by molar-refractivity contribution is -0.121. The van der Waals surface area contributed by atoms with Crippen LogP contribution in [0.15, 0.2) is 46.3 Å². The number of benzene rings is 2. The fraction of sp³-hybridized carbons (Fsp3) is 0.158. The van der Waals surface area contributed by atoms with Crippen LogP contribution < -0.4 is 15.7 Å². The van der Waals surface area contributed by atoms with Gasteiger partial charge in [0.15, 0.2) is 11.5 Å². The van der Waals surface area contributed by atoms with Gasteiger partial charge in [0.1, 0.15) is 5.69 Å². The third kappa shape index (κ3) is 4.47. The molecule has 144 valence electrons. The minimum Gasteiger partial charge on any atom is -0.503 e. The number of nitrogens with zero attached hydrogens (tertiary/aromatic N) is 2. The summed E-state index contributed by atoms with van der Waals surface area (Å²) in [6.07, 6.45) is 1.60. The zero-order chi connectivity index (χ0) is 20.1. The van der Waals surface area contributed by atoms with Crippen molar-refractivity contribution in [2.24, 2.45) is 5.10 Å². The standard InChI is InChI=1S/C19H17ClN4O4/c1-28-16-9-11(8-12(20)18(16)26)10-21-24-17(25)7-6-15-19(27)23-14-5-3-2-4-13(14)22-15/h2-5,8-10,26H,6-7H2,1H3,(H,23,27)(H,24,25)/b21-10-. The molecule has 3 N–H and O–H groups in total. The smallest absolute Gasteiger partial charge is 0.270 e. The van der Waals surface area contributed by atoms with Crippen LogP contribution in [0.4, 0.5) is 0 Å². The third-order valence-corrected chi connectivity index (χ3v) is 4.22. The number of hydrazone groups is 1. The minimum absolute atomic E-state index is 0.0470. The van der Waals surface area contributed by atoms with Gasteiger partial charge in [0.05, 0.1) is 29.4 Å². The molecular formula is C19H17ClN4O4. The van der Waals surface area contributed by atoms with Gasteiger partial charge in [-0.2, -0.15) is 5.10 Å². The first-order valence-electron chi connectivity index (χ1n) is 8.34. The molecule has 0 saturated carbocycles. The Bertz CT molecular complexity index is 1110. The van der Waals surface area contributed by atoms with E-state index in [2.05, 4.69) is 20.5 Å². The van der Waals surface area contributed by atoms with Crippen LogP contribution in [0.1, 0.15) is 17.7 Å². The molecule has 1 aromatic heterocycles. The van der Waals surface area contributed by atoms with E-state index >= 15 is 0 Å². The van der Waals surface area contributed by atoms with E-state index in [1.54, 1.807) is 12.1 Å². The number of carbonyl (C=O) groups excluding carboxylic acids is 1. The molecular weight excluding hydrogens is 384 g/mol. The summed E-state index contributed by atoms with van der Waals surface area (Å²) in [5, 5.41) is 13.6. The van der Waals surface area contributed by atoms with Crippen LogP contribution in [-0.2, 0) is 11.2 Å². The Morgan fingerprint density at radius 2 is 2.18 bits per heavy atom. The average Bonchev–Trinajstić information content (AvgIpc) is 2.68. The third-order valence-electron chi connectivity index (χ3n) is 3.93. The summed E-state index contributed by atoms with van der Waals surface area (Å²) in [6.45, 7) is 0. The number of hydrogen-bond acceptors (Lipinski definition) is 6. The molecule has 2 aromatic carbocycles. The molecule has 1 heterocycles. The van der Waals surface area contributed by atoms with Crippen molar-refractivity contribution in [2.45, 2.75) is 12.8 Å². The summed E-state index contributed by atoms with van der Waals surface area (Å²) < 4.78 is 5.00. The van der Waals surface area contributed by atoms with Crippen molar-refractivity contribution in [3.8, 4) is 11.5 Å². The van der Waals surface area contributed by atoms with E-state index in [1.807, 2.05) is 12.1 Å². The number of phenolic OH excluding ortho intramolecular Hbond substituents is 1. The van der Waals surface area contributed by atoms with Crippen LogP contribution in [0.3, 0.4) is 0 Å². The highest BCUT2D eigenvalue weighted by Gasteiger charge is 2.09. The van der Waals surface area contributed by atoms with Gasteiger partial charge >= 0.3 is 0 Å². The predicted molar refractivity (Wildman–Crippen MR) is 106 cm³/mol. The maximum Gasteiger partial charge on any atom is 0.270 e. The molecule has 9 heteroatoms. The summed E-state index contributed by atoms with van der Waals surface area (Å²) in [5.74, 6) is -0.345. The number of aromatic nitrogens is 2. The summed E-state index contributed by atoms with van der Waals surface area (Å²) in [5.41, 5.74) is 4.18. The lowest BCUT2D eigenvalue weighted by atomic mass is 10.2. The Kier molecular flexibility index (Phi) is 5.90. The normalized spacial score (nSPS) is 11.1. The van der Waals surface area contributed by atoms with Crippen LogP contribution in [0, 0.1) is 0 Å². The van der Waals surface area contributed by atoms with Gasteiger partial charge < -0.3 is 14.8 Å². The number of methoxy groups -OCH3 is 1. The Labute approximate surface area is 164 Å². The number of aromatic hydroxyl groups is 1. The molecule has 0 radical (unpaired) electrons. The van der Waals surface area contributed by atoms with E-state index < -0.39 is 0 Å². The molecule has 0 aliphatic rings. The molecule has 0 fully saturated rings. The number of phenols is 1. The monoisotopic (exact) mass is 400 g/mol. The number of amides is 1. The molecule has 3 rings (SSSR count). The van der Waals surface area contributed by atoms with Gasteiger partial charge in [-0.15, -0.1) is 0 Å². The number of H-pyrrole nitrogens is 1. The number of nitrogens with one attached hydrogen (secondary N) is 2. The van der Waals surface area contributed by atoms with Crippen molar-refractivity contribution >= 4 is 34.8 Å². The molecule has 28 heavy (non-hydrogen) atoms. The van der Waals surface area contributed by atoms with Crippen LogP contribution in [-0.4, -0.2) is 34.3 Å². The first kappa shape index (κ1) is 19.4. The molecule has 3 aromatic rings. The number of hydrogen-bond donors (Lipinski definition) is 3. The van der Waals surface area contributed by atoms with Crippen molar-refractivity contribution in [3.63, 3.8) is 0 Å². The van der Waals surface area contributed by atoms with Crippen LogP contribution >= 0.6 is 11.6 Å². The van der Waals surface area contributed by atoms with Gasteiger partial charge in [0.25, 0.3) is 5.56 Å². The van der Waals surface area contributed by atoms with E-state index in [9.17, 15) is 14.7 Å².